The van der Waals surface area contributed by atoms with Crippen LogP contribution >= 0.6 is 0 Å². The highest BCUT2D eigenvalue weighted by Crippen LogP contribution is 2.29. The van der Waals surface area contributed by atoms with Crippen molar-refractivity contribution in [3.8, 4) is 11.5 Å². The summed E-state index contributed by atoms with van der Waals surface area (Å²) < 4.78 is 10.4. The number of hydrogen-bond acceptors (Lipinski definition) is 4. The Labute approximate surface area is 131 Å². The molecule has 0 saturated heterocycles. The first kappa shape index (κ1) is 16.0. The largest absolute Gasteiger partial charge is 0.493 e. The third-order valence-electron chi connectivity index (χ3n) is 3.35. The van der Waals surface area contributed by atoms with E-state index in [0.29, 0.717) is 18.0 Å². The van der Waals surface area contributed by atoms with Crippen LogP contribution in [0, 0.1) is 6.92 Å². The van der Waals surface area contributed by atoms with Gasteiger partial charge >= 0.3 is 0 Å². The zero-order valence-corrected chi connectivity index (χ0v) is 13.1. The second-order valence-electron chi connectivity index (χ2n) is 5.04. The molecule has 0 heterocycles. The Balaban J connectivity index is 2.04. The number of ether oxygens (including phenoxy) is 2. The van der Waals surface area contributed by atoms with Gasteiger partial charge in [0.15, 0.2) is 11.5 Å². The Hall–Kier alpha value is -2.33. The zero-order valence-electron chi connectivity index (χ0n) is 13.1. The van der Waals surface area contributed by atoms with Crippen molar-refractivity contribution in [2.45, 2.75) is 13.0 Å². The molecular formula is C18H21NO3. The highest BCUT2D eigenvalue weighted by molar-refractivity contribution is 5.79. The van der Waals surface area contributed by atoms with E-state index in [2.05, 4.69) is 4.99 Å². The molecule has 2 aromatic carbocycles. The van der Waals surface area contributed by atoms with Gasteiger partial charge in [0.25, 0.3) is 0 Å². The number of aliphatic hydroxyl groups excluding tert-OH is 1. The molecule has 1 unspecified atom stereocenters. The Morgan fingerprint density at radius 2 is 1.86 bits per heavy atom. The summed E-state index contributed by atoms with van der Waals surface area (Å²) in [7, 11) is 3.16. The molecule has 4 heteroatoms. The predicted octanol–water partition coefficient (Wildman–Crippen LogP) is 3.16. The van der Waals surface area contributed by atoms with Crippen molar-refractivity contribution >= 4 is 6.21 Å². The third kappa shape index (κ3) is 4.09. The van der Waals surface area contributed by atoms with E-state index in [4.69, 9.17) is 9.47 Å². The zero-order chi connectivity index (χ0) is 15.9. The fourth-order valence-corrected chi connectivity index (χ4v) is 2.17. The number of nitrogens with zero attached hydrogens (tertiary/aromatic N) is 1. The summed E-state index contributed by atoms with van der Waals surface area (Å²) in [6.45, 7) is 2.33. The smallest absolute Gasteiger partial charge is 0.161 e. The maximum atomic E-state index is 10.2. The van der Waals surface area contributed by atoms with Crippen LogP contribution in [0.25, 0.3) is 0 Å². The van der Waals surface area contributed by atoms with Gasteiger partial charge in [0.05, 0.1) is 26.9 Å². The summed E-state index contributed by atoms with van der Waals surface area (Å²) in [5.41, 5.74) is 2.96. The van der Waals surface area contributed by atoms with Crippen molar-refractivity contribution in [3.05, 3.63) is 59.2 Å². The lowest BCUT2D eigenvalue weighted by atomic mass is 10.1. The minimum atomic E-state index is -0.680. The molecule has 116 valence electrons. The molecule has 22 heavy (non-hydrogen) atoms. The molecule has 1 N–H and O–H groups in total. The Bertz CT molecular complexity index is 653. The van der Waals surface area contributed by atoms with E-state index in [-0.39, 0.29) is 0 Å². The van der Waals surface area contributed by atoms with Gasteiger partial charge in [-0.15, -0.1) is 0 Å². The lowest BCUT2D eigenvalue weighted by Gasteiger charge is -2.12. The Kier molecular flexibility index (Phi) is 5.55. The van der Waals surface area contributed by atoms with E-state index >= 15 is 0 Å². The van der Waals surface area contributed by atoms with E-state index in [9.17, 15) is 5.11 Å². The molecule has 0 amide bonds. The number of aliphatic hydroxyl groups is 1. The van der Waals surface area contributed by atoms with Crippen LogP contribution in [-0.2, 0) is 0 Å². The van der Waals surface area contributed by atoms with Gasteiger partial charge in [0.2, 0.25) is 0 Å². The molecule has 0 aliphatic carbocycles. The molecule has 0 aliphatic heterocycles. The monoisotopic (exact) mass is 299 g/mol. The maximum Gasteiger partial charge on any atom is 0.161 e. The standard InChI is InChI=1S/C18H21NO3/c1-13-5-4-6-14(9-13)11-19-12-16(20)15-7-8-17(21-2)18(10-15)22-3/h4-11,16,20H,12H2,1-3H3. The highest BCUT2D eigenvalue weighted by Gasteiger charge is 2.10. The van der Waals surface area contributed by atoms with Crippen LogP contribution in [0.4, 0.5) is 0 Å². The molecule has 0 bridgehead atoms. The molecule has 0 fully saturated rings. The van der Waals surface area contributed by atoms with Gasteiger partial charge in [-0.1, -0.05) is 35.9 Å². The molecule has 0 aromatic heterocycles. The molecule has 2 aromatic rings. The van der Waals surface area contributed by atoms with Crippen LogP contribution in [0.2, 0.25) is 0 Å². The Morgan fingerprint density at radius 3 is 2.55 bits per heavy atom. The number of methoxy groups -OCH3 is 2. The summed E-state index contributed by atoms with van der Waals surface area (Å²) in [6.07, 6.45) is 1.10. The van der Waals surface area contributed by atoms with Gasteiger partial charge in [-0.3, -0.25) is 4.99 Å². The number of aliphatic imine (C=N–C) groups is 1. The van der Waals surface area contributed by atoms with Crippen LogP contribution in [-0.4, -0.2) is 32.1 Å². The Morgan fingerprint density at radius 1 is 1.09 bits per heavy atom. The van der Waals surface area contributed by atoms with E-state index < -0.39 is 6.10 Å². The summed E-state index contributed by atoms with van der Waals surface area (Å²) in [5.74, 6) is 1.24. The summed E-state index contributed by atoms with van der Waals surface area (Å²) >= 11 is 0. The SMILES string of the molecule is COc1ccc(C(O)CN=Cc2cccc(C)c2)cc1OC. The lowest BCUT2D eigenvalue weighted by Crippen LogP contribution is -2.03. The topological polar surface area (TPSA) is 51.0 Å². The first-order valence-electron chi connectivity index (χ1n) is 7.10. The van der Waals surface area contributed by atoms with E-state index in [1.165, 1.54) is 5.56 Å². The molecule has 0 radical (unpaired) electrons. The third-order valence-corrected chi connectivity index (χ3v) is 3.35. The fraction of sp³-hybridized carbons (Fsp3) is 0.278. The van der Waals surface area contributed by atoms with E-state index in [1.54, 1.807) is 32.6 Å². The first-order valence-corrected chi connectivity index (χ1v) is 7.10. The average Bonchev–Trinajstić information content (AvgIpc) is 2.54. The van der Waals surface area contributed by atoms with Gasteiger partial charge in [0, 0.05) is 6.21 Å². The number of hydrogen-bond donors (Lipinski definition) is 1. The summed E-state index contributed by atoms with van der Waals surface area (Å²) in [4.78, 5) is 4.31. The van der Waals surface area contributed by atoms with Crippen molar-refractivity contribution in [2.75, 3.05) is 20.8 Å². The molecule has 1 atom stereocenters. The van der Waals surface area contributed by atoms with Crippen LogP contribution in [0.3, 0.4) is 0 Å². The molecular weight excluding hydrogens is 278 g/mol. The number of aryl methyl sites for hydroxylation is 1. The highest BCUT2D eigenvalue weighted by atomic mass is 16.5. The average molecular weight is 299 g/mol. The van der Waals surface area contributed by atoms with Crippen molar-refractivity contribution in [2.24, 2.45) is 4.99 Å². The number of benzene rings is 2. The summed E-state index contributed by atoms with van der Waals surface area (Å²) in [6, 6.07) is 13.4. The molecule has 2 rings (SSSR count). The van der Waals surface area contributed by atoms with Gasteiger partial charge in [0.1, 0.15) is 0 Å². The van der Waals surface area contributed by atoms with Crippen molar-refractivity contribution in [3.63, 3.8) is 0 Å². The predicted molar refractivity (Wildman–Crippen MR) is 88.1 cm³/mol. The second-order valence-corrected chi connectivity index (χ2v) is 5.04. The fourth-order valence-electron chi connectivity index (χ4n) is 2.17. The van der Waals surface area contributed by atoms with Gasteiger partial charge in [-0.2, -0.15) is 0 Å². The van der Waals surface area contributed by atoms with Gasteiger partial charge in [-0.25, -0.2) is 0 Å². The van der Waals surface area contributed by atoms with Crippen LogP contribution in [0.1, 0.15) is 22.8 Å². The second kappa shape index (κ2) is 7.61. The minimum absolute atomic E-state index is 0.295. The summed E-state index contributed by atoms with van der Waals surface area (Å²) in [5, 5.41) is 10.2. The molecule has 4 nitrogen and oxygen atoms in total. The van der Waals surface area contributed by atoms with E-state index in [0.717, 1.165) is 11.1 Å². The van der Waals surface area contributed by atoms with Crippen LogP contribution in [0.15, 0.2) is 47.5 Å². The first-order chi connectivity index (χ1) is 10.6. The van der Waals surface area contributed by atoms with Crippen molar-refractivity contribution < 1.29 is 14.6 Å². The normalized spacial score (nSPS) is 12.4. The van der Waals surface area contributed by atoms with Crippen molar-refractivity contribution in [1.29, 1.82) is 0 Å². The van der Waals surface area contributed by atoms with Crippen LogP contribution < -0.4 is 9.47 Å². The molecule has 0 aliphatic rings. The van der Waals surface area contributed by atoms with Gasteiger partial charge in [-0.05, 0) is 30.2 Å². The molecule has 0 saturated carbocycles. The maximum absolute atomic E-state index is 10.2. The quantitative estimate of drug-likeness (QED) is 0.834. The van der Waals surface area contributed by atoms with Crippen molar-refractivity contribution in [1.82, 2.24) is 0 Å². The lowest BCUT2D eigenvalue weighted by molar-refractivity contribution is 0.187. The van der Waals surface area contributed by atoms with Crippen LogP contribution in [0.5, 0.6) is 11.5 Å². The van der Waals surface area contributed by atoms with E-state index in [1.807, 2.05) is 37.3 Å². The minimum Gasteiger partial charge on any atom is -0.493 e. The van der Waals surface area contributed by atoms with Gasteiger partial charge < -0.3 is 14.6 Å². The molecule has 0 spiro atoms. The number of rotatable bonds is 6.